The van der Waals surface area contributed by atoms with E-state index in [1.54, 1.807) is 0 Å². The Morgan fingerprint density at radius 3 is 2.90 bits per heavy atom. The molecule has 0 fully saturated rings. The first-order valence-corrected chi connectivity index (χ1v) is 6.45. The molecule has 2 N–H and O–H groups in total. The summed E-state index contributed by atoms with van der Waals surface area (Å²) in [5, 5.41) is 3.91. The minimum absolute atomic E-state index is 0.0720. The van der Waals surface area contributed by atoms with E-state index >= 15 is 0 Å². The summed E-state index contributed by atoms with van der Waals surface area (Å²) in [6.45, 7) is 3.56. The molecule has 0 atom stereocenters. The molecule has 1 amide bonds. The molecule has 0 aliphatic heterocycles. The Kier molecular flexibility index (Phi) is 2.99. The zero-order valence-electron chi connectivity index (χ0n) is 11.4. The number of anilines is 1. The van der Waals surface area contributed by atoms with E-state index in [0.717, 1.165) is 27.8 Å². The summed E-state index contributed by atoms with van der Waals surface area (Å²) in [5.41, 5.74) is 4.93. The maximum Gasteiger partial charge on any atom is 0.221 e. The summed E-state index contributed by atoms with van der Waals surface area (Å²) in [5.74, 6) is -0.0720. The Balaban J connectivity index is 2.05. The van der Waals surface area contributed by atoms with Gasteiger partial charge in [0, 0.05) is 36.0 Å². The lowest BCUT2D eigenvalue weighted by Crippen LogP contribution is -2.05. The number of hydrogen-bond acceptors (Lipinski definition) is 2. The molecule has 0 radical (unpaired) electrons. The van der Waals surface area contributed by atoms with E-state index in [1.807, 2.05) is 36.7 Å². The molecule has 2 aromatic heterocycles. The highest BCUT2D eigenvalue weighted by atomic mass is 16.1. The smallest absolute Gasteiger partial charge is 0.221 e. The number of fused-ring (bicyclic) bond motifs is 1. The first kappa shape index (κ1) is 12.4. The van der Waals surface area contributed by atoms with Crippen LogP contribution in [0.3, 0.4) is 0 Å². The van der Waals surface area contributed by atoms with Crippen molar-refractivity contribution in [3.05, 3.63) is 48.3 Å². The zero-order chi connectivity index (χ0) is 14.1. The molecule has 4 heteroatoms. The summed E-state index contributed by atoms with van der Waals surface area (Å²) in [4.78, 5) is 18.7. The second-order valence-electron chi connectivity index (χ2n) is 4.85. The fourth-order valence-corrected chi connectivity index (χ4v) is 2.27. The first-order valence-electron chi connectivity index (χ1n) is 6.45. The van der Waals surface area contributed by atoms with E-state index in [9.17, 15) is 4.79 Å². The third-order valence-electron chi connectivity index (χ3n) is 3.25. The number of carbonyl (C=O) groups excluding carboxylic acids is 1. The lowest BCUT2D eigenvalue weighted by atomic mass is 10.1. The topological polar surface area (TPSA) is 57.8 Å². The molecule has 0 bridgehead atoms. The zero-order valence-corrected chi connectivity index (χ0v) is 11.4. The summed E-state index contributed by atoms with van der Waals surface area (Å²) in [6.07, 6.45) is 3.79. The number of pyridine rings is 1. The Morgan fingerprint density at radius 2 is 2.10 bits per heavy atom. The van der Waals surface area contributed by atoms with Crippen LogP contribution in [0.25, 0.3) is 22.2 Å². The van der Waals surface area contributed by atoms with Crippen molar-refractivity contribution in [1.82, 2.24) is 9.97 Å². The molecule has 2 heterocycles. The summed E-state index contributed by atoms with van der Waals surface area (Å²) in [7, 11) is 0. The Labute approximate surface area is 116 Å². The van der Waals surface area contributed by atoms with Crippen LogP contribution in [0.5, 0.6) is 0 Å². The summed E-state index contributed by atoms with van der Waals surface area (Å²) < 4.78 is 0. The van der Waals surface area contributed by atoms with Gasteiger partial charge in [0.05, 0.1) is 0 Å². The number of amides is 1. The number of nitrogens with zero attached hydrogens (tertiary/aromatic N) is 1. The van der Waals surface area contributed by atoms with Crippen LogP contribution in [0.4, 0.5) is 5.69 Å². The average molecular weight is 265 g/mol. The van der Waals surface area contributed by atoms with Crippen molar-refractivity contribution >= 4 is 22.6 Å². The van der Waals surface area contributed by atoms with Crippen LogP contribution in [0.2, 0.25) is 0 Å². The molecule has 4 nitrogen and oxygen atoms in total. The van der Waals surface area contributed by atoms with Gasteiger partial charge in [0.2, 0.25) is 5.91 Å². The van der Waals surface area contributed by atoms with Crippen molar-refractivity contribution < 1.29 is 4.79 Å². The fraction of sp³-hybridized carbons (Fsp3) is 0.125. The predicted octanol–water partition coefficient (Wildman–Crippen LogP) is 3.50. The van der Waals surface area contributed by atoms with Crippen LogP contribution in [0.1, 0.15) is 12.5 Å². The maximum atomic E-state index is 11.1. The molecule has 100 valence electrons. The number of nitrogens with one attached hydrogen (secondary N) is 2. The van der Waals surface area contributed by atoms with Crippen LogP contribution in [0, 0.1) is 6.92 Å². The van der Waals surface area contributed by atoms with E-state index in [0.29, 0.717) is 0 Å². The second kappa shape index (κ2) is 4.81. The van der Waals surface area contributed by atoms with Gasteiger partial charge in [-0.05, 0) is 36.2 Å². The van der Waals surface area contributed by atoms with E-state index in [-0.39, 0.29) is 5.91 Å². The highest BCUT2D eigenvalue weighted by molar-refractivity contribution is 5.90. The Morgan fingerprint density at radius 1 is 1.25 bits per heavy atom. The number of hydrogen-bond donors (Lipinski definition) is 2. The minimum Gasteiger partial charge on any atom is -0.346 e. The van der Waals surface area contributed by atoms with Gasteiger partial charge in [-0.25, -0.2) is 4.98 Å². The van der Waals surface area contributed by atoms with Crippen LogP contribution >= 0.6 is 0 Å². The molecule has 0 aliphatic rings. The number of aromatic nitrogens is 2. The van der Waals surface area contributed by atoms with Gasteiger partial charge in [0.1, 0.15) is 5.65 Å². The molecule has 20 heavy (non-hydrogen) atoms. The van der Waals surface area contributed by atoms with Crippen molar-refractivity contribution in [2.75, 3.05) is 5.32 Å². The largest absolute Gasteiger partial charge is 0.346 e. The van der Waals surface area contributed by atoms with Gasteiger partial charge >= 0.3 is 0 Å². The predicted molar refractivity (Wildman–Crippen MR) is 80.6 cm³/mol. The molecule has 3 rings (SSSR count). The monoisotopic (exact) mass is 265 g/mol. The summed E-state index contributed by atoms with van der Waals surface area (Å²) in [6, 6.07) is 9.87. The molecular weight excluding hydrogens is 250 g/mol. The van der Waals surface area contributed by atoms with E-state index in [1.165, 1.54) is 12.5 Å². The quantitative estimate of drug-likeness (QED) is 0.745. The van der Waals surface area contributed by atoms with Gasteiger partial charge in [-0.2, -0.15) is 0 Å². The molecule has 0 aliphatic carbocycles. The number of aromatic amines is 1. The molecule has 0 saturated heterocycles. The highest BCUT2D eigenvalue weighted by Gasteiger charge is 2.05. The number of carbonyl (C=O) groups is 1. The molecule has 0 spiro atoms. The van der Waals surface area contributed by atoms with Crippen LogP contribution in [0.15, 0.2) is 42.7 Å². The Bertz CT molecular complexity index is 789. The SMILES string of the molecule is CC(=O)Nc1cccc(-c2cnc3[nH]cc(C)c3c2)c1. The standard InChI is InChI=1S/C16H15N3O/c1-10-8-17-16-15(10)7-13(9-18-16)12-4-3-5-14(6-12)19-11(2)20/h3-9H,1-2H3,(H,17,18)(H,19,20). The van der Waals surface area contributed by atoms with E-state index < -0.39 is 0 Å². The van der Waals surface area contributed by atoms with E-state index in [2.05, 4.69) is 28.3 Å². The average Bonchev–Trinajstić information content (AvgIpc) is 2.80. The minimum atomic E-state index is -0.0720. The van der Waals surface area contributed by atoms with Crippen molar-refractivity contribution in [3.63, 3.8) is 0 Å². The molecule has 0 saturated carbocycles. The van der Waals surface area contributed by atoms with Crippen LogP contribution in [-0.2, 0) is 4.79 Å². The summed E-state index contributed by atoms with van der Waals surface area (Å²) >= 11 is 0. The fourth-order valence-electron chi connectivity index (χ4n) is 2.27. The molecule has 3 aromatic rings. The normalized spacial score (nSPS) is 10.7. The second-order valence-corrected chi connectivity index (χ2v) is 4.85. The lowest BCUT2D eigenvalue weighted by Gasteiger charge is -2.06. The van der Waals surface area contributed by atoms with E-state index in [4.69, 9.17) is 0 Å². The van der Waals surface area contributed by atoms with Gasteiger partial charge in [-0.15, -0.1) is 0 Å². The van der Waals surface area contributed by atoms with Crippen molar-refractivity contribution in [3.8, 4) is 11.1 Å². The number of rotatable bonds is 2. The van der Waals surface area contributed by atoms with Gasteiger partial charge in [0.15, 0.2) is 0 Å². The van der Waals surface area contributed by atoms with Crippen molar-refractivity contribution in [2.24, 2.45) is 0 Å². The maximum absolute atomic E-state index is 11.1. The third kappa shape index (κ3) is 2.28. The number of benzene rings is 1. The van der Waals surface area contributed by atoms with Gasteiger partial charge in [-0.1, -0.05) is 12.1 Å². The van der Waals surface area contributed by atoms with Crippen LogP contribution in [-0.4, -0.2) is 15.9 Å². The lowest BCUT2D eigenvalue weighted by molar-refractivity contribution is -0.114. The van der Waals surface area contributed by atoms with Crippen LogP contribution < -0.4 is 5.32 Å². The first-order chi connectivity index (χ1) is 9.63. The van der Waals surface area contributed by atoms with Gasteiger partial charge < -0.3 is 10.3 Å². The number of H-pyrrole nitrogens is 1. The van der Waals surface area contributed by atoms with Gasteiger partial charge in [-0.3, -0.25) is 4.79 Å². The molecule has 0 unspecified atom stereocenters. The number of aryl methyl sites for hydroxylation is 1. The Hall–Kier alpha value is -2.62. The molecule has 1 aromatic carbocycles. The van der Waals surface area contributed by atoms with Crippen molar-refractivity contribution in [1.29, 1.82) is 0 Å². The highest BCUT2D eigenvalue weighted by Crippen LogP contribution is 2.26. The van der Waals surface area contributed by atoms with Crippen molar-refractivity contribution in [2.45, 2.75) is 13.8 Å². The molecular formula is C16H15N3O. The third-order valence-corrected chi connectivity index (χ3v) is 3.25. The van der Waals surface area contributed by atoms with Gasteiger partial charge in [0.25, 0.3) is 0 Å².